The zero-order valence-electron chi connectivity index (χ0n) is 10.9. The van der Waals surface area contributed by atoms with Crippen LogP contribution in [0.4, 0.5) is 4.79 Å². The molecule has 2 unspecified atom stereocenters. The van der Waals surface area contributed by atoms with E-state index in [4.69, 9.17) is 5.11 Å². The number of likely N-dealkylation sites (tertiary alicyclic amines) is 1. The van der Waals surface area contributed by atoms with Crippen LogP contribution in [-0.2, 0) is 9.59 Å². The molecular formula is C12H18N2O4S. The zero-order valence-corrected chi connectivity index (χ0v) is 11.7. The largest absolute Gasteiger partial charge is 0.481 e. The smallest absolute Gasteiger partial charge is 0.308 e. The monoisotopic (exact) mass is 286 g/mol. The molecule has 106 valence electrons. The lowest BCUT2D eigenvalue weighted by Gasteiger charge is -2.24. The van der Waals surface area contributed by atoms with E-state index in [0.717, 1.165) is 5.75 Å². The molecule has 2 atom stereocenters. The van der Waals surface area contributed by atoms with Gasteiger partial charge < -0.3 is 14.9 Å². The molecule has 0 aliphatic carbocycles. The van der Waals surface area contributed by atoms with Crippen LogP contribution in [-0.4, -0.2) is 63.5 Å². The van der Waals surface area contributed by atoms with Crippen LogP contribution in [0, 0.1) is 5.92 Å². The lowest BCUT2D eigenvalue weighted by atomic mass is 10.0. The van der Waals surface area contributed by atoms with Gasteiger partial charge in [0.1, 0.15) is 0 Å². The van der Waals surface area contributed by atoms with E-state index in [1.54, 1.807) is 16.7 Å². The molecule has 0 saturated carbocycles. The Morgan fingerprint density at radius 1 is 1.42 bits per heavy atom. The quantitative estimate of drug-likeness (QED) is 0.829. The summed E-state index contributed by atoms with van der Waals surface area (Å²) in [5.41, 5.74) is 0. The molecule has 2 fully saturated rings. The van der Waals surface area contributed by atoms with Crippen LogP contribution >= 0.6 is 11.8 Å². The van der Waals surface area contributed by atoms with Crippen LogP contribution in [0.25, 0.3) is 0 Å². The molecule has 1 N–H and O–H groups in total. The second-order valence-electron chi connectivity index (χ2n) is 4.91. The third-order valence-corrected chi connectivity index (χ3v) is 4.72. The van der Waals surface area contributed by atoms with Crippen molar-refractivity contribution in [2.75, 3.05) is 25.4 Å². The molecule has 2 amide bonds. The van der Waals surface area contributed by atoms with Crippen LogP contribution in [0.15, 0.2) is 0 Å². The van der Waals surface area contributed by atoms with Crippen LogP contribution in [0.1, 0.15) is 19.8 Å². The molecule has 2 heterocycles. The summed E-state index contributed by atoms with van der Waals surface area (Å²) in [5, 5.41) is 9.06. The van der Waals surface area contributed by atoms with Crippen molar-refractivity contribution in [3.63, 3.8) is 0 Å². The Kier molecular flexibility index (Phi) is 4.34. The molecule has 19 heavy (non-hydrogen) atoms. The van der Waals surface area contributed by atoms with E-state index in [9.17, 15) is 14.4 Å². The van der Waals surface area contributed by atoms with Gasteiger partial charge in [0.25, 0.3) is 5.24 Å². The van der Waals surface area contributed by atoms with Crippen molar-refractivity contribution in [2.24, 2.45) is 5.92 Å². The zero-order chi connectivity index (χ0) is 14.0. The number of nitrogens with zero attached hydrogens (tertiary/aromatic N) is 2. The van der Waals surface area contributed by atoms with E-state index in [2.05, 4.69) is 0 Å². The van der Waals surface area contributed by atoms with Gasteiger partial charge in [0.15, 0.2) is 0 Å². The number of carbonyl (C=O) groups is 3. The van der Waals surface area contributed by atoms with Crippen molar-refractivity contribution >= 4 is 28.9 Å². The third-order valence-electron chi connectivity index (χ3n) is 3.83. The minimum absolute atomic E-state index is 0.0330. The predicted octanol–water partition coefficient (Wildman–Crippen LogP) is 0.867. The molecule has 2 aliphatic rings. The first-order valence-electron chi connectivity index (χ1n) is 6.44. The first-order valence-corrected chi connectivity index (χ1v) is 7.43. The minimum atomic E-state index is -0.839. The highest BCUT2D eigenvalue weighted by Gasteiger charge is 2.38. The van der Waals surface area contributed by atoms with Crippen molar-refractivity contribution in [1.82, 2.24) is 9.80 Å². The van der Waals surface area contributed by atoms with Gasteiger partial charge in [-0.1, -0.05) is 11.8 Å². The molecule has 0 spiro atoms. The number of hydrogen-bond donors (Lipinski definition) is 1. The predicted molar refractivity (Wildman–Crippen MR) is 71.0 cm³/mol. The Morgan fingerprint density at radius 3 is 2.68 bits per heavy atom. The van der Waals surface area contributed by atoms with Crippen molar-refractivity contribution in [3.05, 3.63) is 0 Å². The fourth-order valence-electron chi connectivity index (χ4n) is 2.62. The second-order valence-corrected chi connectivity index (χ2v) is 5.96. The number of thioether (sulfide) groups is 1. The van der Waals surface area contributed by atoms with E-state index in [0.29, 0.717) is 26.1 Å². The van der Waals surface area contributed by atoms with Gasteiger partial charge >= 0.3 is 5.97 Å². The van der Waals surface area contributed by atoms with Crippen molar-refractivity contribution in [1.29, 1.82) is 0 Å². The number of carboxylic acids is 1. The van der Waals surface area contributed by atoms with Gasteiger partial charge in [-0.05, 0) is 13.3 Å². The minimum Gasteiger partial charge on any atom is -0.481 e. The fraction of sp³-hybridized carbons (Fsp3) is 0.750. The molecule has 7 heteroatoms. The van der Waals surface area contributed by atoms with Gasteiger partial charge in [-0.25, -0.2) is 0 Å². The standard InChI is InChI=1S/C12H18N2O4S/c1-8-9(11(16)17)2-5-14(8)10(15)3-4-13-6-7-19-12(13)18/h8-9H,2-7H2,1H3,(H,16,17). The van der Waals surface area contributed by atoms with Gasteiger partial charge in [-0.3, -0.25) is 14.4 Å². The van der Waals surface area contributed by atoms with E-state index in [1.165, 1.54) is 11.8 Å². The molecule has 0 aromatic heterocycles. The van der Waals surface area contributed by atoms with Gasteiger partial charge in [0.05, 0.1) is 5.92 Å². The summed E-state index contributed by atoms with van der Waals surface area (Å²) in [4.78, 5) is 37.8. The number of carbonyl (C=O) groups excluding carboxylic acids is 2. The molecule has 0 aromatic rings. The van der Waals surface area contributed by atoms with Crippen LogP contribution < -0.4 is 0 Å². The average molecular weight is 286 g/mol. The van der Waals surface area contributed by atoms with Crippen molar-refractivity contribution in [2.45, 2.75) is 25.8 Å². The molecule has 2 rings (SSSR count). The van der Waals surface area contributed by atoms with Crippen LogP contribution in [0.2, 0.25) is 0 Å². The Bertz CT molecular complexity index is 401. The fourth-order valence-corrected chi connectivity index (χ4v) is 3.48. The summed E-state index contributed by atoms with van der Waals surface area (Å²) in [6, 6.07) is -0.256. The number of aliphatic carboxylic acids is 1. The number of hydrogen-bond acceptors (Lipinski definition) is 4. The van der Waals surface area contributed by atoms with Gasteiger partial charge in [0, 0.05) is 37.8 Å². The van der Waals surface area contributed by atoms with Crippen molar-refractivity contribution < 1.29 is 19.5 Å². The highest BCUT2D eigenvalue weighted by molar-refractivity contribution is 8.13. The molecule has 2 aliphatic heterocycles. The number of rotatable bonds is 4. The topological polar surface area (TPSA) is 77.9 Å². The lowest BCUT2D eigenvalue weighted by molar-refractivity contribution is -0.143. The SMILES string of the molecule is CC1C(C(=O)O)CCN1C(=O)CCN1CCSC1=O. The molecule has 2 saturated heterocycles. The molecule has 0 aromatic carbocycles. The van der Waals surface area contributed by atoms with Gasteiger partial charge in [0.2, 0.25) is 5.91 Å². The molecular weight excluding hydrogens is 268 g/mol. The molecule has 0 radical (unpaired) electrons. The highest BCUT2D eigenvalue weighted by Crippen LogP contribution is 2.25. The summed E-state index contributed by atoms with van der Waals surface area (Å²) >= 11 is 1.28. The lowest BCUT2D eigenvalue weighted by Crippen LogP contribution is -2.39. The Labute approximate surface area is 116 Å². The second kappa shape index (κ2) is 5.81. The Balaban J connectivity index is 1.84. The van der Waals surface area contributed by atoms with Gasteiger partial charge in [-0.15, -0.1) is 0 Å². The number of amides is 2. The molecule has 6 nitrogen and oxygen atoms in total. The van der Waals surface area contributed by atoms with Crippen LogP contribution in [0.5, 0.6) is 0 Å². The molecule has 0 bridgehead atoms. The maximum absolute atomic E-state index is 12.1. The normalized spacial score (nSPS) is 27.1. The van der Waals surface area contributed by atoms with Gasteiger partial charge in [-0.2, -0.15) is 0 Å². The summed E-state index contributed by atoms with van der Waals surface area (Å²) in [7, 11) is 0. The van der Waals surface area contributed by atoms with Crippen LogP contribution in [0.3, 0.4) is 0 Å². The summed E-state index contributed by atoms with van der Waals surface area (Å²) in [5.74, 6) is -0.573. The van der Waals surface area contributed by atoms with Crippen molar-refractivity contribution in [3.8, 4) is 0 Å². The summed E-state index contributed by atoms with van der Waals surface area (Å²) < 4.78 is 0. The summed E-state index contributed by atoms with van der Waals surface area (Å²) in [6.07, 6.45) is 0.795. The average Bonchev–Trinajstić information content (AvgIpc) is 2.92. The third kappa shape index (κ3) is 3.02. The number of carboxylic acid groups (broad SMARTS) is 1. The van der Waals surface area contributed by atoms with E-state index >= 15 is 0 Å². The Morgan fingerprint density at radius 2 is 2.16 bits per heavy atom. The van der Waals surface area contributed by atoms with E-state index in [-0.39, 0.29) is 23.6 Å². The maximum Gasteiger partial charge on any atom is 0.308 e. The maximum atomic E-state index is 12.1. The van der Waals surface area contributed by atoms with E-state index < -0.39 is 11.9 Å². The summed E-state index contributed by atoms with van der Waals surface area (Å²) in [6.45, 7) is 3.41. The first-order chi connectivity index (χ1) is 9.00. The highest BCUT2D eigenvalue weighted by atomic mass is 32.2. The Hall–Kier alpha value is -1.24. The van der Waals surface area contributed by atoms with E-state index in [1.807, 2.05) is 0 Å². The first kappa shape index (κ1) is 14.2.